The van der Waals surface area contributed by atoms with Crippen LogP contribution in [0.15, 0.2) is 41.3 Å². The lowest BCUT2D eigenvalue weighted by molar-refractivity contribution is 0.0950. The summed E-state index contributed by atoms with van der Waals surface area (Å²) >= 11 is 1.98. The van der Waals surface area contributed by atoms with E-state index in [1.165, 1.54) is 30.2 Å². The molecule has 0 spiro atoms. The second-order valence-electron chi connectivity index (χ2n) is 7.65. The monoisotopic (exact) mass is 447 g/mol. The zero-order chi connectivity index (χ0) is 21.9. The highest BCUT2D eigenvalue weighted by molar-refractivity contribution is 7.99. The molecule has 0 aliphatic carbocycles. The molecule has 6 nitrogen and oxygen atoms in total. The minimum atomic E-state index is -3.62. The second-order valence-corrected chi connectivity index (χ2v) is 11.0. The first-order valence-electron chi connectivity index (χ1n) is 9.94. The van der Waals surface area contributed by atoms with E-state index in [4.69, 9.17) is 0 Å². The van der Waals surface area contributed by atoms with Crippen LogP contribution in [-0.2, 0) is 16.6 Å². The molecular weight excluding hydrogens is 418 g/mol. The average molecular weight is 448 g/mol. The summed E-state index contributed by atoms with van der Waals surface area (Å²) in [5, 5.41) is 2.90. The van der Waals surface area contributed by atoms with E-state index >= 15 is 0 Å². The lowest BCUT2D eigenvalue weighted by Crippen LogP contribution is -2.32. The summed E-state index contributed by atoms with van der Waals surface area (Å²) in [6, 6.07) is 11.4. The van der Waals surface area contributed by atoms with E-state index in [2.05, 4.69) is 22.3 Å². The number of aryl methyl sites for hydroxylation is 1. The van der Waals surface area contributed by atoms with E-state index < -0.39 is 10.0 Å². The van der Waals surface area contributed by atoms with Crippen LogP contribution >= 0.6 is 11.8 Å². The van der Waals surface area contributed by atoms with Crippen molar-refractivity contribution in [3.8, 4) is 0 Å². The van der Waals surface area contributed by atoms with Crippen molar-refractivity contribution in [2.24, 2.45) is 0 Å². The van der Waals surface area contributed by atoms with Gasteiger partial charge in [-0.3, -0.25) is 4.79 Å². The predicted molar refractivity (Wildman–Crippen MR) is 124 cm³/mol. The van der Waals surface area contributed by atoms with E-state index in [-0.39, 0.29) is 10.8 Å². The molecule has 1 N–H and O–H groups in total. The van der Waals surface area contributed by atoms with Crippen molar-refractivity contribution < 1.29 is 13.2 Å². The number of benzene rings is 2. The van der Waals surface area contributed by atoms with E-state index in [1.807, 2.05) is 30.8 Å². The van der Waals surface area contributed by atoms with Gasteiger partial charge in [0.15, 0.2) is 0 Å². The summed E-state index contributed by atoms with van der Waals surface area (Å²) in [4.78, 5) is 15.3. The van der Waals surface area contributed by atoms with Crippen LogP contribution in [0.4, 0.5) is 5.69 Å². The number of nitrogens with zero attached hydrogens (tertiary/aromatic N) is 2. The van der Waals surface area contributed by atoms with Gasteiger partial charge in [0.25, 0.3) is 5.91 Å². The molecule has 8 heteroatoms. The lowest BCUT2D eigenvalue weighted by atomic mass is 10.1. The van der Waals surface area contributed by atoms with Gasteiger partial charge in [0.1, 0.15) is 0 Å². The molecule has 0 radical (unpaired) electrons. The van der Waals surface area contributed by atoms with Crippen LogP contribution in [-0.4, -0.2) is 57.3 Å². The van der Waals surface area contributed by atoms with Crippen LogP contribution in [0.5, 0.6) is 0 Å². The van der Waals surface area contributed by atoms with Crippen molar-refractivity contribution in [3.05, 3.63) is 58.7 Å². The van der Waals surface area contributed by atoms with Crippen molar-refractivity contribution >= 4 is 33.4 Å². The summed E-state index contributed by atoms with van der Waals surface area (Å²) in [7, 11) is -0.643. The molecule has 30 heavy (non-hydrogen) atoms. The quantitative estimate of drug-likeness (QED) is 0.737. The van der Waals surface area contributed by atoms with Crippen LogP contribution in [0.25, 0.3) is 0 Å². The molecule has 1 heterocycles. The third kappa shape index (κ3) is 4.99. The molecule has 2 aromatic carbocycles. The fourth-order valence-corrected chi connectivity index (χ4v) is 5.47. The molecule has 1 saturated heterocycles. The highest BCUT2D eigenvalue weighted by atomic mass is 32.2. The number of anilines is 1. The minimum Gasteiger partial charge on any atom is -0.370 e. The first-order valence-corrected chi connectivity index (χ1v) is 12.5. The molecule has 0 saturated carbocycles. The normalized spacial score (nSPS) is 14.8. The summed E-state index contributed by atoms with van der Waals surface area (Å²) < 4.78 is 26.4. The third-order valence-corrected chi connectivity index (χ3v) is 8.29. The van der Waals surface area contributed by atoms with Gasteiger partial charge in [0.05, 0.1) is 4.90 Å². The highest BCUT2D eigenvalue weighted by Crippen LogP contribution is 2.24. The van der Waals surface area contributed by atoms with E-state index in [9.17, 15) is 13.2 Å². The molecule has 0 unspecified atom stereocenters. The second kappa shape index (κ2) is 9.41. The lowest BCUT2D eigenvalue weighted by Gasteiger charge is -2.28. The number of hydrogen-bond acceptors (Lipinski definition) is 5. The largest absolute Gasteiger partial charge is 0.370 e. The average Bonchev–Trinajstić information content (AvgIpc) is 2.74. The number of rotatable bonds is 6. The Balaban J connectivity index is 1.71. The first-order chi connectivity index (χ1) is 14.2. The van der Waals surface area contributed by atoms with Crippen LogP contribution < -0.4 is 10.2 Å². The number of nitrogens with one attached hydrogen (secondary N) is 1. The summed E-state index contributed by atoms with van der Waals surface area (Å²) in [5.74, 6) is 2.02. The van der Waals surface area contributed by atoms with Gasteiger partial charge in [-0.05, 0) is 54.8 Å². The van der Waals surface area contributed by atoms with Gasteiger partial charge in [0.2, 0.25) is 10.0 Å². The Morgan fingerprint density at radius 1 is 1.10 bits per heavy atom. The maximum absolute atomic E-state index is 12.7. The molecule has 0 aromatic heterocycles. The zero-order valence-electron chi connectivity index (χ0n) is 17.9. The van der Waals surface area contributed by atoms with Crippen molar-refractivity contribution in [2.75, 3.05) is 43.6 Å². The van der Waals surface area contributed by atoms with Gasteiger partial charge in [0, 0.05) is 56.5 Å². The fourth-order valence-electron chi connectivity index (χ4n) is 3.35. The molecule has 0 bridgehead atoms. The number of sulfonamides is 1. The van der Waals surface area contributed by atoms with Crippen LogP contribution in [0, 0.1) is 13.8 Å². The number of amides is 1. The Bertz CT molecular complexity index is 1010. The Kier molecular flexibility index (Phi) is 7.10. The first kappa shape index (κ1) is 22.7. The highest BCUT2D eigenvalue weighted by Gasteiger charge is 2.23. The Hall–Kier alpha value is -2.03. The number of hydrogen-bond donors (Lipinski definition) is 1. The summed E-state index contributed by atoms with van der Waals surface area (Å²) in [5.41, 5.74) is 3.99. The third-order valence-electron chi connectivity index (χ3n) is 5.41. The molecule has 2 aromatic rings. The SMILES string of the molecule is Cc1cc(C(=O)NCc2ccc(N3CCSCC3)cc2)cc(S(=O)(=O)N(C)C)c1C. The topological polar surface area (TPSA) is 69.7 Å². The molecule has 162 valence electrons. The Labute approximate surface area is 183 Å². The van der Waals surface area contributed by atoms with Crippen molar-refractivity contribution in [1.29, 1.82) is 0 Å². The number of carbonyl (C=O) groups excluding carboxylic acids is 1. The molecule has 3 rings (SSSR count). The maximum Gasteiger partial charge on any atom is 0.251 e. The number of carbonyl (C=O) groups is 1. The predicted octanol–water partition coefficient (Wildman–Crippen LogP) is 3.04. The van der Waals surface area contributed by atoms with Gasteiger partial charge in [-0.2, -0.15) is 11.8 Å². The number of thioether (sulfide) groups is 1. The molecule has 1 aliphatic heterocycles. The maximum atomic E-state index is 12.7. The van der Waals surface area contributed by atoms with Gasteiger partial charge < -0.3 is 10.2 Å². The molecule has 0 atom stereocenters. The van der Waals surface area contributed by atoms with Gasteiger partial charge in [-0.25, -0.2) is 12.7 Å². The van der Waals surface area contributed by atoms with Crippen molar-refractivity contribution in [1.82, 2.24) is 9.62 Å². The Morgan fingerprint density at radius 3 is 2.33 bits per heavy atom. The molecular formula is C22H29N3O3S2. The van der Waals surface area contributed by atoms with Gasteiger partial charge >= 0.3 is 0 Å². The van der Waals surface area contributed by atoms with E-state index in [0.717, 1.165) is 35.7 Å². The molecule has 1 fully saturated rings. The fraction of sp³-hybridized carbons (Fsp3) is 0.409. The summed E-state index contributed by atoms with van der Waals surface area (Å²) in [6.07, 6.45) is 0. The minimum absolute atomic E-state index is 0.168. The van der Waals surface area contributed by atoms with Crippen LogP contribution in [0.2, 0.25) is 0 Å². The van der Waals surface area contributed by atoms with E-state index in [1.54, 1.807) is 13.0 Å². The van der Waals surface area contributed by atoms with Gasteiger partial charge in [-0.15, -0.1) is 0 Å². The van der Waals surface area contributed by atoms with Crippen molar-refractivity contribution in [3.63, 3.8) is 0 Å². The molecule has 1 aliphatic rings. The van der Waals surface area contributed by atoms with E-state index in [0.29, 0.717) is 17.7 Å². The summed E-state index contributed by atoms with van der Waals surface area (Å²) in [6.45, 7) is 6.09. The zero-order valence-corrected chi connectivity index (χ0v) is 19.6. The molecule has 1 amide bonds. The van der Waals surface area contributed by atoms with Crippen LogP contribution in [0.1, 0.15) is 27.0 Å². The standard InChI is InChI=1S/C22H29N3O3S2/c1-16-13-19(14-21(17(16)2)30(27,28)24(3)4)22(26)23-15-18-5-7-20(8-6-18)25-9-11-29-12-10-25/h5-8,13-14H,9-12,15H2,1-4H3,(H,23,26). The van der Waals surface area contributed by atoms with Crippen LogP contribution in [0.3, 0.4) is 0 Å². The van der Waals surface area contributed by atoms with Crippen molar-refractivity contribution in [2.45, 2.75) is 25.3 Å². The van der Waals surface area contributed by atoms with Gasteiger partial charge in [-0.1, -0.05) is 12.1 Å². The Morgan fingerprint density at radius 2 is 1.73 bits per heavy atom. The smallest absolute Gasteiger partial charge is 0.251 e.